The lowest BCUT2D eigenvalue weighted by Crippen LogP contribution is -2.09. The lowest BCUT2D eigenvalue weighted by molar-refractivity contribution is 0.0688. The van der Waals surface area contributed by atoms with E-state index < -0.39 is 5.97 Å². The van der Waals surface area contributed by atoms with Crippen LogP contribution in [-0.2, 0) is 0 Å². The molecule has 2 aromatic heterocycles. The molecule has 0 amide bonds. The minimum absolute atomic E-state index is 0.00212. The van der Waals surface area contributed by atoms with Crippen molar-refractivity contribution in [2.75, 3.05) is 12.8 Å². The zero-order valence-electron chi connectivity index (χ0n) is 11.4. The van der Waals surface area contributed by atoms with Crippen molar-refractivity contribution in [1.29, 1.82) is 0 Å². The molecule has 0 fully saturated rings. The van der Waals surface area contributed by atoms with Crippen molar-refractivity contribution in [2.24, 2.45) is 0 Å². The van der Waals surface area contributed by atoms with Crippen molar-refractivity contribution >= 4 is 29.2 Å². The first-order valence-corrected chi connectivity index (χ1v) is 6.61. The van der Waals surface area contributed by atoms with Gasteiger partial charge in [-0.1, -0.05) is 11.6 Å². The van der Waals surface area contributed by atoms with E-state index in [9.17, 15) is 9.90 Å². The zero-order valence-corrected chi connectivity index (χ0v) is 12.2. The number of carboxylic acid groups (broad SMARTS) is 1. The molecule has 2 heterocycles. The number of hydrogen-bond acceptors (Lipinski definition) is 5. The Labute approximate surface area is 129 Å². The molecule has 0 bridgehead atoms. The molecule has 0 atom stereocenters. The smallest absolute Gasteiger partial charge is 0.355 e. The number of aromatic nitrogens is 3. The summed E-state index contributed by atoms with van der Waals surface area (Å²) in [7, 11) is 1.50. The number of ether oxygens (including phenoxy) is 1. The van der Waals surface area contributed by atoms with Crippen LogP contribution in [0.5, 0.6) is 5.75 Å². The van der Waals surface area contributed by atoms with Gasteiger partial charge in [0.2, 0.25) is 5.95 Å². The maximum atomic E-state index is 11.7. The largest absolute Gasteiger partial charge is 0.496 e. The van der Waals surface area contributed by atoms with Crippen LogP contribution in [0.4, 0.5) is 5.95 Å². The SMILES string of the molecule is COc1ccc(Cl)cc1-c1ccc2nc(N)nn2c1C(=O)O. The van der Waals surface area contributed by atoms with Crippen LogP contribution >= 0.6 is 11.6 Å². The molecule has 0 unspecified atom stereocenters. The van der Waals surface area contributed by atoms with Crippen LogP contribution in [0.2, 0.25) is 5.02 Å². The predicted molar refractivity (Wildman–Crippen MR) is 81.4 cm³/mol. The molecule has 22 heavy (non-hydrogen) atoms. The summed E-state index contributed by atoms with van der Waals surface area (Å²) in [5.74, 6) is -0.662. The van der Waals surface area contributed by atoms with Crippen molar-refractivity contribution in [3.05, 3.63) is 41.0 Å². The van der Waals surface area contributed by atoms with Crippen LogP contribution in [0.1, 0.15) is 10.5 Å². The van der Waals surface area contributed by atoms with Gasteiger partial charge >= 0.3 is 5.97 Å². The van der Waals surface area contributed by atoms with E-state index in [1.807, 2.05) is 0 Å². The number of hydrogen-bond donors (Lipinski definition) is 2. The second kappa shape index (κ2) is 5.19. The van der Waals surface area contributed by atoms with Gasteiger partial charge in [-0.2, -0.15) is 4.98 Å². The van der Waals surface area contributed by atoms with Crippen molar-refractivity contribution in [2.45, 2.75) is 0 Å². The third-order valence-electron chi connectivity index (χ3n) is 3.17. The highest BCUT2D eigenvalue weighted by molar-refractivity contribution is 6.31. The zero-order chi connectivity index (χ0) is 15.9. The Morgan fingerprint density at radius 3 is 2.77 bits per heavy atom. The lowest BCUT2D eigenvalue weighted by Gasteiger charge is -2.12. The van der Waals surface area contributed by atoms with Gasteiger partial charge < -0.3 is 15.6 Å². The monoisotopic (exact) mass is 318 g/mol. The van der Waals surface area contributed by atoms with Gasteiger partial charge in [0, 0.05) is 16.1 Å². The van der Waals surface area contributed by atoms with E-state index in [0.717, 1.165) is 0 Å². The van der Waals surface area contributed by atoms with Gasteiger partial charge in [0.05, 0.1) is 7.11 Å². The van der Waals surface area contributed by atoms with Gasteiger partial charge in [-0.15, -0.1) is 5.10 Å². The molecule has 0 aliphatic carbocycles. The lowest BCUT2D eigenvalue weighted by atomic mass is 10.0. The van der Waals surface area contributed by atoms with Gasteiger partial charge in [0.25, 0.3) is 0 Å². The molecule has 112 valence electrons. The molecule has 3 N–H and O–H groups in total. The van der Waals surface area contributed by atoms with E-state index in [-0.39, 0.29) is 11.6 Å². The number of nitrogen functional groups attached to an aromatic ring is 1. The summed E-state index contributed by atoms with van der Waals surface area (Å²) >= 11 is 6.02. The third-order valence-corrected chi connectivity index (χ3v) is 3.40. The van der Waals surface area contributed by atoms with Crippen LogP contribution in [-0.4, -0.2) is 32.8 Å². The standard InChI is InChI=1S/C14H11ClN4O3/c1-22-10-4-2-7(15)6-9(10)8-3-5-11-17-14(16)18-19(11)12(8)13(20)21/h2-6H,1H3,(H2,16,18)(H,20,21). The van der Waals surface area contributed by atoms with Crippen molar-refractivity contribution in [3.8, 4) is 16.9 Å². The highest BCUT2D eigenvalue weighted by atomic mass is 35.5. The summed E-state index contributed by atoms with van der Waals surface area (Å²) in [4.78, 5) is 15.7. The highest BCUT2D eigenvalue weighted by Gasteiger charge is 2.20. The van der Waals surface area contributed by atoms with E-state index in [1.54, 1.807) is 30.3 Å². The molecule has 1 aromatic carbocycles. The second-order valence-corrected chi connectivity index (χ2v) is 4.92. The minimum Gasteiger partial charge on any atom is -0.496 e. The fourth-order valence-electron chi connectivity index (χ4n) is 2.28. The Kier molecular flexibility index (Phi) is 3.34. The number of benzene rings is 1. The molecule has 0 aliphatic heterocycles. The number of pyridine rings is 1. The van der Waals surface area contributed by atoms with E-state index >= 15 is 0 Å². The second-order valence-electron chi connectivity index (χ2n) is 4.49. The van der Waals surface area contributed by atoms with Gasteiger partial charge in [-0.25, -0.2) is 9.31 Å². The average Bonchev–Trinajstić information content (AvgIpc) is 2.85. The first kappa shape index (κ1) is 14.2. The molecule has 8 heteroatoms. The van der Waals surface area contributed by atoms with Crippen LogP contribution < -0.4 is 10.5 Å². The van der Waals surface area contributed by atoms with Crippen molar-refractivity contribution in [3.63, 3.8) is 0 Å². The quantitative estimate of drug-likeness (QED) is 0.768. The van der Waals surface area contributed by atoms with E-state index in [4.69, 9.17) is 22.1 Å². The van der Waals surface area contributed by atoms with Gasteiger partial charge in [0.15, 0.2) is 11.3 Å². The maximum Gasteiger partial charge on any atom is 0.355 e. The number of carboxylic acids is 1. The number of carbonyl (C=O) groups is 1. The normalized spacial score (nSPS) is 10.8. The summed E-state index contributed by atoms with van der Waals surface area (Å²) < 4.78 is 6.47. The van der Waals surface area contributed by atoms with Crippen molar-refractivity contribution in [1.82, 2.24) is 14.6 Å². The number of rotatable bonds is 3. The Hall–Kier alpha value is -2.80. The Morgan fingerprint density at radius 2 is 2.09 bits per heavy atom. The van der Waals surface area contributed by atoms with Crippen LogP contribution in [0.25, 0.3) is 16.8 Å². The van der Waals surface area contributed by atoms with Gasteiger partial charge in [0.1, 0.15) is 5.75 Å². The minimum atomic E-state index is -1.16. The molecule has 0 aliphatic rings. The van der Waals surface area contributed by atoms with Gasteiger partial charge in [-0.3, -0.25) is 0 Å². The van der Waals surface area contributed by atoms with Gasteiger partial charge in [-0.05, 0) is 30.3 Å². The number of fused-ring (bicyclic) bond motifs is 1. The van der Waals surface area contributed by atoms with Crippen LogP contribution in [0.3, 0.4) is 0 Å². The number of aromatic carboxylic acids is 1. The Bertz CT molecular complexity index is 891. The van der Waals surface area contributed by atoms with Crippen LogP contribution in [0, 0.1) is 0 Å². The summed E-state index contributed by atoms with van der Waals surface area (Å²) in [6, 6.07) is 8.22. The number of methoxy groups -OCH3 is 1. The number of nitrogens with two attached hydrogens (primary N) is 1. The fourth-order valence-corrected chi connectivity index (χ4v) is 2.45. The average molecular weight is 319 g/mol. The summed E-state index contributed by atoms with van der Waals surface area (Å²) in [5.41, 5.74) is 6.78. The summed E-state index contributed by atoms with van der Waals surface area (Å²) in [6.07, 6.45) is 0. The molecule has 0 spiro atoms. The first-order valence-electron chi connectivity index (χ1n) is 6.23. The molecule has 3 aromatic rings. The Balaban J connectivity index is 2.38. The number of halogens is 1. The number of nitrogens with zero attached hydrogens (tertiary/aromatic N) is 3. The van der Waals surface area contributed by atoms with E-state index in [0.29, 0.717) is 27.5 Å². The van der Waals surface area contributed by atoms with E-state index in [1.165, 1.54) is 11.6 Å². The summed E-state index contributed by atoms with van der Waals surface area (Å²) in [6.45, 7) is 0. The molecule has 0 saturated heterocycles. The highest BCUT2D eigenvalue weighted by Crippen LogP contribution is 2.34. The van der Waals surface area contributed by atoms with Crippen molar-refractivity contribution < 1.29 is 14.6 Å². The van der Waals surface area contributed by atoms with E-state index in [2.05, 4.69) is 10.1 Å². The topological polar surface area (TPSA) is 103 Å². The third kappa shape index (κ3) is 2.21. The number of anilines is 1. The molecule has 0 radical (unpaired) electrons. The first-order chi connectivity index (χ1) is 10.5. The fraction of sp³-hybridized carbons (Fsp3) is 0.0714. The molecular formula is C14H11ClN4O3. The molecular weight excluding hydrogens is 308 g/mol. The predicted octanol–water partition coefficient (Wildman–Crippen LogP) is 2.34. The van der Waals surface area contributed by atoms with Crippen LogP contribution in [0.15, 0.2) is 30.3 Å². The molecule has 7 nitrogen and oxygen atoms in total. The maximum absolute atomic E-state index is 11.7. The summed E-state index contributed by atoms with van der Waals surface area (Å²) in [5, 5.41) is 14.0. The Morgan fingerprint density at radius 1 is 1.32 bits per heavy atom. The molecule has 3 rings (SSSR count). The molecule has 0 saturated carbocycles.